The summed E-state index contributed by atoms with van der Waals surface area (Å²) in [6.07, 6.45) is 0.916. The number of benzene rings is 1. The number of aromatic amines is 1. The molecule has 0 unspecified atom stereocenters. The van der Waals surface area contributed by atoms with Crippen molar-refractivity contribution in [3.63, 3.8) is 0 Å². The van der Waals surface area contributed by atoms with E-state index in [1.54, 1.807) is 6.07 Å². The first-order valence-corrected chi connectivity index (χ1v) is 7.68. The number of halogens is 2. The van der Waals surface area contributed by atoms with E-state index in [1.165, 1.54) is 0 Å². The van der Waals surface area contributed by atoms with Crippen LogP contribution in [0.2, 0.25) is 10.0 Å². The molecule has 0 aliphatic carbocycles. The molecule has 1 aliphatic rings. The number of anilines is 1. The van der Waals surface area contributed by atoms with E-state index < -0.39 is 0 Å². The summed E-state index contributed by atoms with van der Waals surface area (Å²) in [5, 5.41) is 7.96. The number of rotatable bonds is 1. The van der Waals surface area contributed by atoms with Gasteiger partial charge in [0.15, 0.2) is 0 Å². The number of fused-ring (bicyclic) bond motifs is 3. The molecule has 1 amide bonds. The van der Waals surface area contributed by atoms with Gasteiger partial charge in [0.2, 0.25) is 5.91 Å². The van der Waals surface area contributed by atoms with Crippen molar-refractivity contribution >= 4 is 46.0 Å². The summed E-state index contributed by atoms with van der Waals surface area (Å²) in [7, 11) is 0. The third-order valence-corrected chi connectivity index (χ3v) is 4.66. The predicted octanol–water partition coefficient (Wildman–Crippen LogP) is 2.32. The smallest absolute Gasteiger partial charge is 0.261 e. The second-order valence-corrected chi connectivity index (χ2v) is 6.07. The molecule has 0 radical (unpaired) electrons. The molecule has 7 nitrogen and oxygen atoms in total. The Morgan fingerprint density at radius 3 is 2.91 bits per heavy atom. The summed E-state index contributed by atoms with van der Waals surface area (Å²) in [6, 6.07) is 1.65. The molecule has 3 heterocycles. The first-order valence-electron chi connectivity index (χ1n) is 6.92. The lowest BCUT2D eigenvalue weighted by molar-refractivity contribution is -0.120. The largest absolute Gasteiger partial charge is 0.365 e. The fraction of sp³-hybridized carbons (Fsp3) is 0.214. The number of nitrogen functional groups attached to an aromatic ring is 1. The van der Waals surface area contributed by atoms with E-state index in [9.17, 15) is 4.79 Å². The summed E-state index contributed by atoms with van der Waals surface area (Å²) in [5.41, 5.74) is 8.60. The molecule has 0 saturated heterocycles. The minimum Gasteiger partial charge on any atom is -0.365 e. The van der Waals surface area contributed by atoms with Crippen LogP contribution >= 0.6 is 23.2 Å². The third-order valence-electron chi connectivity index (χ3n) is 3.87. The summed E-state index contributed by atoms with van der Waals surface area (Å²) >= 11 is 12.6. The average molecular weight is 352 g/mol. The van der Waals surface area contributed by atoms with Gasteiger partial charge < -0.3 is 20.6 Å². The number of carbonyl (C=O) groups is 1. The van der Waals surface area contributed by atoms with Gasteiger partial charge in [0.25, 0.3) is 11.8 Å². The molecule has 0 spiro atoms. The topological polar surface area (TPSA) is 110 Å². The molecular formula is C14H11Cl2N5O2. The van der Waals surface area contributed by atoms with Crippen LogP contribution in [-0.2, 0) is 17.6 Å². The van der Waals surface area contributed by atoms with Crippen LogP contribution in [0.4, 0.5) is 5.95 Å². The zero-order valence-corrected chi connectivity index (χ0v) is 13.3. The fourth-order valence-electron chi connectivity index (χ4n) is 2.91. The number of aromatic nitrogens is 3. The Balaban J connectivity index is 2.08. The number of nitrogens with zero attached hydrogens (tertiary/aromatic N) is 2. The molecule has 3 aromatic rings. The molecule has 4 rings (SSSR count). The number of carbonyl (C=O) groups excluding carboxylic acids is 1. The molecular weight excluding hydrogens is 341 g/mol. The van der Waals surface area contributed by atoms with Gasteiger partial charge in [-0.2, -0.15) is 4.98 Å². The van der Waals surface area contributed by atoms with Crippen molar-refractivity contribution in [1.29, 1.82) is 0 Å². The van der Waals surface area contributed by atoms with Crippen LogP contribution in [0.5, 0.6) is 0 Å². The van der Waals surface area contributed by atoms with Gasteiger partial charge in [-0.3, -0.25) is 4.79 Å². The SMILES string of the molecule is Nc1noc(-c2cc(Cl)c(Cl)c3[nH]c4c(c23)CC(=O)NCC4)n1. The molecule has 1 aromatic carbocycles. The van der Waals surface area contributed by atoms with Gasteiger partial charge in [-0.1, -0.05) is 23.2 Å². The van der Waals surface area contributed by atoms with Gasteiger partial charge in [-0.25, -0.2) is 0 Å². The zero-order chi connectivity index (χ0) is 16.1. The number of nitrogens with one attached hydrogen (secondary N) is 2. The standard InChI is InChI=1S/C14H11Cl2N5O2/c15-7-3-6(13-20-14(17)21-23-13)10-5-4-9(22)18-2-1-8(5)19-12(10)11(7)16/h3,19H,1-2,4H2,(H2,17,21)(H,18,22). The van der Waals surface area contributed by atoms with Crippen molar-refractivity contribution in [1.82, 2.24) is 20.4 Å². The molecule has 9 heteroatoms. The van der Waals surface area contributed by atoms with Gasteiger partial charge in [-0.05, 0) is 16.8 Å². The molecule has 2 aromatic heterocycles. The lowest BCUT2D eigenvalue weighted by Crippen LogP contribution is -2.24. The lowest BCUT2D eigenvalue weighted by Gasteiger charge is -2.05. The highest BCUT2D eigenvalue weighted by molar-refractivity contribution is 6.45. The highest BCUT2D eigenvalue weighted by Gasteiger charge is 2.25. The number of hydrogen-bond acceptors (Lipinski definition) is 5. The Labute approximate surface area is 140 Å². The Morgan fingerprint density at radius 2 is 2.17 bits per heavy atom. The molecule has 0 bridgehead atoms. The molecule has 0 atom stereocenters. The highest BCUT2D eigenvalue weighted by Crippen LogP contribution is 2.41. The Bertz CT molecular complexity index is 946. The van der Waals surface area contributed by atoms with Crippen LogP contribution in [0.25, 0.3) is 22.4 Å². The Kier molecular flexibility index (Phi) is 3.21. The minimum absolute atomic E-state index is 0.0265. The molecule has 1 aliphatic heterocycles. The average Bonchev–Trinajstić information content (AvgIpc) is 3.03. The second kappa shape index (κ2) is 5.14. The Morgan fingerprint density at radius 1 is 1.35 bits per heavy atom. The quantitative estimate of drug-likeness (QED) is 0.623. The van der Waals surface area contributed by atoms with Gasteiger partial charge in [0.05, 0.1) is 27.5 Å². The normalized spacial score (nSPS) is 14.6. The summed E-state index contributed by atoms with van der Waals surface area (Å²) in [6.45, 7) is 0.562. The van der Waals surface area contributed by atoms with Crippen molar-refractivity contribution < 1.29 is 9.32 Å². The number of nitrogens with two attached hydrogens (primary N) is 1. The van der Waals surface area contributed by atoms with Crippen LogP contribution in [0, 0.1) is 0 Å². The molecule has 4 N–H and O–H groups in total. The molecule has 118 valence electrons. The molecule has 0 saturated carbocycles. The summed E-state index contributed by atoms with van der Waals surface area (Å²) in [4.78, 5) is 19.3. The van der Waals surface area contributed by atoms with Crippen LogP contribution in [0.3, 0.4) is 0 Å². The van der Waals surface area contributed by atoms with Crippen molar-refractivity contribution in [2.24, 2.45) is 0 Å². The van der Waals surface area contributed by atoms with E-state index in [0.717, 1.165) is 16.6 Å². The van der Waals surface area contributed by atoms with Crippen molar-refractivity contribution in [3.8, 4) is 11.5 Å². The van der Waals surface area contributed by atoms with Gasteiger partial charge >= 0.3 is 0 Å². The maximum Gasteiger partial charge on any atom is 0.261 e. The monoisotopic (exact) mass is 351 g/mol. The van der Waals surface area contributed by atoms with Gasteiger partial charge in [0, 0.05) is 24.0 Å². The third kappa shape index (κ3) is 2.24. The molecule has 23 heavy (non-hydrogen) atoms. The first kappa shape index (κ1) is 14.3. The highest BCUT2D eigenvalue weighted by atomic mass is 35.5. The van der Waals surface area contributed by atoms with E-state index in [4.69, 9.17) is 33.5 Å². The van der Waals surface area contributed by atoms with E-state index in [1.807, 2.05) is 0 Å². The summed E-state index contributed by atoms with van der Waals surface area (Å²) in [5.74, 6) is 0.211. The predicted molar refractivity (Wildman–Crippen MR) is 86.4 cm³/mol. The minimum atomic E-state index is -0.0493. The van der Waals surface area contributed by atoms with E-state index in [-0.39, 0.29) is 24.2 Å². The maximum absolute atomic E-state index is 11.9. The first-order chi connectivity index (χ1) is 11.0. The Hall–Kier alpha value is -2.25. The van der Waals surface area contributed by atoms with Gasteiger partial charge in [-0.15, -0.1) is 0 Å². The maximum atomic E-state index is 11.9. The van der Waals surface area contributed by atoms with Crippen molar-refractivity contribution in [2.45, 2.75) is 12.8 Å². The van der Waals surface area contributed by atoms with E-state index in [0.29, 0.717) is 34.1 Å². The van der Waals surface area contributed by atoms with Crippen LogP contribution in [0.1, 0.15) is 11.3 Å². The number of hydrogen-bond donors (Lipinski definition) is 3. The van der Waals surface area contributed by atoms with Gasteiger partial charge in [0.1, 0.15) is 0 Å². The van der Waals surface area contributed by atoms with Crippen LogP contribution in [0.15, 0.2) is 10.6 Å². The zero-order valence-electron chi connectivity index (χ0n) is 11.7. The van der Waals surface area contributed by atoms with E-state index in [2.05, 4.69) is 20.4 Å². The number of amides is 1. The van der Waals surface area contributed by atoms with E-state index >= 15 is 0 Å². The fourth-order valence-corrected chi connectivity index (χ4v) is 3.31. The van der Waals surface area contributed by atoms with Crippen LogP contribution < -0.4 is 11.1 Å². The van der Waals surface area contributed by atoms with Crippen LogP contribution in [-0.4, -0.2) is 27.6 Å². The summed E-state index contributed by atoms with van der Waals surface area (Å²) < 4.78 is 5.17. The second-order valence-electron chi connectivity index (χ2n) is 5.29. The van der Waals surface area contributed by atoms with Crippen molar-refractivity contribution in [2.75, 3.05) is 12.3 Å². The van der Waals surface area contributed by atoms with Crippen molar-refractivity contribution in [3.05, 3.63) is 27.4 Å². The number of H-pyrrole nitrogens is 1. The lowest BCUT2D eigenvalue weighted by atomic mass is 10.0. The molecule has 0 fully saturated rings.